The van der Waals surface area contributed by atoms with Crippen LogP contribution in [0, 0.1) is 5.92 Å². The van der Waals surface area contributed by atoms with Gasteiger partial charge in [-0.15, -0.1) is 0 Å². The summed E-state index contributed by atoms with van der Waals surface area (Å²) in [4.78, 5) is 57.3. The third-order valence-electron chi connectivity index (χ3n) is 7.55. The number of benzene rings is 2. The van der Waals surface area contributed by atoms with Crippen molar-refractivity contribution in [2.45, 2.75) is 70.1 Å². The first-order valence-corrected chi connectivity index (χ1v) is 14.2. The van der Waals surface area contributed by atoms with Gasteiger partial charge in [-0.05, 0) is 48.8 Å². The lowest BCUT2D eigenvalue weighted by Crippen LogP contribution is -2.57. The molecule has 10 heteroatoms. The molecule has 4 rings (SSSR count). The minimum atomic E-state index is -0.994. The van der Waals surface area contributed by atoms with Crippen LogP contribution in [-0.4, -0.2) is 64.2 Å². The lowest BCUT2D eigenvalue weighted by Gasteiger charge is -2.29. The van der Waals surface area contributed by atoms with Gasteiger partial charge in [0.25, 0.3) is 0 Å². The highest BCUT2D eigenvalue weighted by molar-refractivity contribution is 5.95. The zero-order valence-electron chi connectivity index (χ0n) is 23.6. The smallest absolute Gasteiger partial charge is 0.243 e. The van der Waals surface area contributed by atoms with E-state index in [0.717, 1.165) is 22.0 Å². The maximum Gasteiger partial charge on any atom is 0.243 e. The molecule has 2 heterocycles. The highest BCUT2D eigenvalue weighted by Gasteiger charge is 2.38. The van der Waals surface area contributed by atoms with Gasteiger partial charge < -0.3 is 32.0 Å². The van der Waals surface area contributed by atoms with Crippen LogP contribution in [0.1, 0.15) is 44.2 Å². The largest absolute Gasteiger partial charge is 0.368 e. The number of nitrogens with zero attached hydrogens (tertiary/aromatic N) is 1. The van der Waals surface area contributed by atoms with E-state index in [0.29, 0.717) is 32.2 Å². The quantitative estimate of drug-likeness (QED) is 0.228. The van der Waals surface area contributed by atoms with Gasteiger partial charge in [0.2, 0.25) is 23.6 Å². The Morgan fingerprint density at radius 3 is 2.39 bits per heavy atom. The maximum absolute atomic E-state index is 13.6. The van der Waals surface area contributed by atoms with Crippen LogP contribution in [0.5, 0.6) is 0 Å². The number of primary amides is 1. The van der Waals surface area contributed by atoms with E-state index in [1.807, 2.05) is 74.6 Å². The van der Waals surface area contributed by atoms with Crippen molar-refractivity contribution in [2.24, 2.45) is 17.4 Å². The molecule has 0 saturated carbocycles. The second kappa shape index (κ2) is 13.5. The topological polar surface area (TPSA) is 163 Å². The van der Waals surface area contributed by atoms with Crippen molar-refractivity contribution in [1.29, 1.82) is 0 Å². The number of aromatic nitrogens is 1. The molecule has 1 aliphatic heterocycles. The Balaban J connectivity index is 1.52. The molecule has 4 amide bonds. The number of aromatic amines is 1. The van der Waals surface area contributed by atoms with Crippen molar-refractivity contribution in [2.75, 3.05) is 6.54 Å². The fourth-order valence-corrected chi connectivity index (χ4v) is 5.46. The first-order valence-electron chi connectivity index (χ1n) is 14.2. The molecule has 3 aromatic rings. The normalized spacial score (nSPS) is 17.3. The molecule has 4 unspecified atom stereocenters. The van der Waals surface area contributed by atoms with Crippen LogP contribution >= 0.6 is 0 Å². The van der Waals surface area contributed by atoms with Crippen LogP contribution in [-0.2, 0) is 32.0 Å². The van der Waals surface area contributed by atoms with E-state index < -0.39 is 41.9 Å². The van der Waals surface area contributed by atoms with Gasteiger partial charge in [-0.2, -0.15) is 0 Å². The summed E-state index contributed by atoms with van der Waals surface area (Å²) in [5.74, 6) is -1.75. The Hall–Kier alpha value is -4.18. The Bertz CT molecular complexity index is 1370. The number of nitrogens with two attached hydrogens (primary N) is 2. The molecule has 0 spiro atoms. The Morgan fingerprint density at radius 1 is 0.976 bits per heavy atom. The minimum absolute atomic E-state index is 0.118. The average molecular weight is 561 g/mol. The molecule has 10 nitrogen and oxygen atoms in total. The molecular formula is C31H40N6O4. The number of H-pyrrole nitrogens is 1. The van der Waals surface area contributed by atoms with Crippen molar-refractivity contribution in [3.8, 4) is 0 Å². The van der Waals surface area contributed by atoms with Gasteiger partial charge in [0.05, 0.1) is 6.04 Å². The molecule has 4 atom stereocenters. The third-order valence-corrected chi connectivity index (χ3v) is 7.55. The zero-order chi connectivity index (χ0) is 29.5. The van der Waals surface area contributed by atoms with Crippen LogP contribution in [0.4, 0.5) is 0 Å². The summed E-state index contributed by atoms with van der Waals surface area (Å²) in [6, 6.07) is 13.8. The Labute approximate surface area is 240 Å². The molecule has 2 aromatic carbocycles. The minimum Gasteiger partial charge on any atom is -0.368 e. The molecule has 0 radical (unpaired) electrons. The van der Waals surface area contributed by atoms with E-state index in [1.54, 1.807) is 0 Å². The molecule has 1 aliphatic rings. The Kier molecular flexibility index (Phi) is 9.78. The van der Waals surface area contributed by atoms with Crippen molar-refractivity contribution in [1.82, 2.24) is 20.5 Å². The van der Waals surface area contributed by atoms with Gasteiger partial charge in [0.15, 0.2) is 0 Å². The van der Waals surface area contributed by atoms with Gasteiger partial charge in [-0.3, -0.25) is 19.2 Å². The van der Waals surface area contributed by atoms with E-state index in [9.17, 15) is 19.2 Å². The predicted octanol–water partition coefficient (Wildman–Crippen LogP) is 1.77. The molecule has 218 valence electrons. The van der Waals surface area contributed by atoms with Gasteiger partial charge >= 0.3 is 0 Å². The summed E-state index contributed by atoms with van der Waals surface area (Å²) < 4.78 is 0. The number of rotatable bonds is 12. The third kappa shape index (κ3) is 7.52. The van der Waals surface area contributed by atoms with Gasteiger partial charge in [0.1, 0.15) is 18.1 Å². The first kappa shape index (κ1) is 29.8. The number of amides is 4. The SMILES string of the molecule is CC(C)CC(NC(=O)C(Cc1c[nH]c2ccccc12)NC(=O)C1CCCN1C(=O)C(N)Cc1ccccc1)C(N)=O. The van der Waals surface area contributed by atoms with Crippen LogP contribution < -0.4 is 22.1 Å². The van der Waals surface area contributed by atoms with Crippen LogP contribution in [0.2, 0.25) is 0 Å². The standard InChI is InChI=1S/C31H40N6O4/c1-19(2)15-25(28(33)38)35-29(39)26(17-21-18-34-24-12-7-6-11-22(21)24)36-30(40)27-13-8-14-37(27)31(41)23(32)16-20-9-4-3-5-10-20/h3-7,9-12,18-19,23,25-27,34H,8,13-17,32H2,1-2H3,(H2,33,38)(H,35,39)(H,36,40). The second-order valence-electron chi connectivity index (χ2n) is 11.2. The van der Waals surface area contributed by atoms with Crippen molar-refractivity contribution < 1.29 is 19.2 Å². The maximum atomic E-state index is 13.6. The molecule has 41 heavy (non-hydrogen) atoms. The molecule has 1 aromatic heterocycles. The average Bonchev–Trinajstić information content (AvgIpc) is 3.60. The van der Waals surface area contributed by atoms with E-state index in [-0.39, 0.29) is 18.2 Å². The number of nitrogens with one attached hydrogen (secondary N) is 3. The molecule has 1 saturated heterocycles. The highest BCUT2D eigenvalue weighted by Crippen LogP contribution is 2.22. The number of hydrogen-bond donors (Lipinski definition) is 5. The summed E-state index contributed by atoms with van der Waals surface area (Å²) >= 11 is 0. The van der Waals surface area contributed by atoms with E-state index in [1.165, 1.54) is 4.90 Å². The van der Waals surface area contributed by atoms with Crippen LogP contribution in [0.15, 0.2) is 60.8 Å². The summed E-state index contributed by atoms with van der Waals surface area (Å²) in [6.45, 7) is 4.28. The fourth-order valence-electron chi connectivity index (χ4n) is 5.46. The number of carbonyl (C=O) groups excluding carboxylic acids is 4. The number of fused-ring (bicyclic) bond motifs is 1. The summed E-state index contributed by atoms with van der Waals surface area (Å²) in [5.41, 5.74) is 14.5. The highest BCUT2D eigenvalue weighted by atomic mass is 16.2. The summed E-state index contributed by atoms with van der Waals surface area (Å²) in [6.07, 6.45) is 3.85. The molecular weight excluding hydrogens is 520 g/mol. The summed E-state index contributed by atoms with van der Waals surface area (Å²) in [5, 5.41) is 6.55. The lowest BCUT2D eigenvalue weighted by atomic mass is 10.0. The van der Waals surface area contributed by atoms with E-state index in [2.05, 4.69) is 15.6 Å². The number of carbonyl (C=O) groups is 4. The molecule has 1 fully saturated rings. The van der Waals surface area contributed by atoms with Crippen molar-refractivity contribution in [3.63, 3.8) is 0 Å². The number of para-hydroxylation sites is 1. The zero-order valence-corrected chi connectivity index (χ0v) is 23.6. The molecule has 0 bridgehead atoms. The lowest BCUT2D eigenvalue weighted by molar-refractivity contribution is -0.140. The van der Waals surface area contributed by atoms with Crippen molar-refractivity contribution >= 4 is 34.5 Å². The summed E-state index contributed by atoms with van der Waals surface area (Å²) in [7, 11) is 0. The van der Waals surface area contributed by atoms with Crippen LogP contribution in [0.3, 0.4) is 0 Å². The first-order chi connectivity index (χ1) is 19.6. The van der Waals surface area contributed by atoms with Crippen LogP contribution in [0.25, 0.3) is 10.9 Å². The fraction of sp³-hybridized carbons (Fsp3) is 0.419. The molecule has 0 aliphatic carbocycles. The monoisotopic (exact) mass is 560 g/mol. The van der Waals surface area contributed by atoms with Gasteiger partial charge in [0, 0.05) is 30.1 Å². The van der Waals surface area contributed by atoms with Gasteiger partial charge in [-0.25, -0.2) is 0 Å². The van der Waals surface area contributed by atoms with E-state index >= 15 is 0 Å². The van der Waals surface area contributed by atoms with E-state index in [4.69, 9.17) is 11.5 Å². The van der Waals surface area contributed by atoms with Gasteiger partial charge in [-0.1, -0.05) is 62.4 Å². The predicted molar refractivity (Wildman–Crippen MR) is 157 cm³/mol. The Morgan fingerprint density at radius 2 is 1.68 bits per heavy atom. The number of hydrogen-bond acceptors (Lipinski definition) is 5. The molecule has 7 N–H and O–H groups in total. The van der Waals surface area contributed by atoms with Crippen molar-refractivity contribution in [3.05, 3.63) is 71.9 Å². The number of likely N-dealkylation sites (tertiary alicyclic amines) is 1. The second-order valence-corrected chi connectivity index (χ2v) is 11.2.